The second-order valence-corrected chi connectivity index (χ2v) is 6.05. The predicted octanol–water partition coefficient (Wildman–Crippen LogP) is 2.31. The van der Waals surface area contributed by atoms with Gasteiger partial charge in [0.25, 0.3) is 10.0 Å². The van der Waals surface area contributed by atoms with Crippen LogP contribution in [0.2, 0.25) is 10.3 Å². The smallest absolute Gasteiger partial charge is 0.266 e. The fourth-order valence-electron chi connectivity index (χ4n) is 1.36. The lowest BCUT2D eigenvalue weighted by molar-refractivity contribution is 0.573. The molecule has 0 aliphatic heterocycles. The van der Waals surface area contributed by atoms with E-state index in [0.717, 1.165) is 12.1 Å². The molecule has 0 bridgehead atoms. The Morgan fingerprint density at radius 3 is 2.65 bits per heavy atom. The van der Waals surface area contributed by atoms with E-state index in [4.69, 9.17) is 28.9 Å². The maximum absolute atomic E-state index is 13.8. The Hall–Kier alpha value is -1.64. The molecule has 106 valence electrons. The highest BCUT2D eigenvalue weighted by Crippen LogP contribution is 2.26. The van der Waals surface area contributed by atoms with E-state index in [2.05, 4.69) is 14.7 Å². The molecule has 1 aromatic heterocycles. The highest BCUT2D eigenvalue weighted by Gasteiger charge is 2.22. The van der Waals surface area contributed by atoms with Crippen LogP contribution in [0, 0.1) is 5.82 Å². The maximum Gasteiger partial charge on any atom is 0.266 e. The summed E-state index contributed by atoms with van der Waals surface area (Å²) in [7, 11) is -4.24. The molecule has 1 heterocycles. The van der Waals surface area contributed by atoms with Gasteiger partial charge in [0.05, 0.1) is 5.69 Å². The summed E-state index contributed by atoms with van der Waals surface area (Å²) < 4.78 is 40.0. The monoisotopic (exact) mass is 336 g/mol. The summed E-state index contributed by atoms with van der Waals surface area (Å²) in [6, 6.07) is 3.31. The van der Waals surface area contributed by atoms with Gasteiger partial charge in [-0.05, 0) is 29.8 Å². The van der Waals surface area contributed by atoms with Crippen molar-refractivity contribution in [1.82, 2.24) is 9.97 Å². The maximum atomic E-state index is 13.8. The number of aromatic nitrogens is 2. The molecular weight excluding hydrogens is 330 g/mol. The summed E-state index contributed by atoms with van der Waals surface area (Å²) in [6.45, 7) is 0. The highest BCUT2D eigenvalue weighted by molar-refractivity contribution is 7.92. The fourth-order valence-corrected chi connectivity index (χ4v) is 2.94. The molecular formula is C10H7Cl2FN4O2S. The molecule has 0 saturated heterocycles. The molecule has 0 radical (unpaired) electrons. The molecule has 2 aromatic rings. The summed E-state index contributed by atoms with van der Waals surface area (Å²) in [5.74, 6) is -1.20. The standard InChI is InChI=1S/C10H7Cl2FN4O2S/c11-5-3-6(14)9(13)7(4-5)20(18,19)17-8-1-2-15-10(12)16-8/h1-4H,14H2,(H,15,16,17). The highest BCUT2D eigenvalue weighted by atomic mass is 35.5. The average molecular weight is 337 g/mol. The van der Waals surface area contributed by atoms with E-state index in [1.165, 1.54) is 12.3 Å². The van der Waals surface area contributed by atoms with E-state index in [-0.39, 0.29) is 21.8 Å². The molecule has 0 atom stereocenters. The molecule has 0 spiro atoms. The van der Waals surface area contributed by atoms with Crippen LogP contribution in [0.3, 0.4) is 0 Å². The second-order valence-electron chi connectivity index (χ2n) is 3.62. The Bertz CT molecular complexity index is 770. The first-order valence-electron chi connectivity index (χ1n) is 5.05. The van der Waals surface area contributed by atoms with E-state index in [1.54, 1.807) is 0 Å². The molecule has 0 saturated carbocycles. The average Bonchev–Trinajstić information content (AvgIpc) is 2.33. The van der Waals surface area contributed by atoms with Crippen molar-refractivity contribution in [1.29, 1.82) is 0 Å². The summed E-state index contributed by atoms with van der Waals surface area (Å²) in [4.78, 5) is 6.55. The van der Waals surface area contributed by atoms with Crippen LogP contribution in [0.1, 0.15) is 0 Å². The number of anilines is 2. The third-order valence-electron chi connectivity index (χ3n) is 2.19. The van der Waals surface area contributed by atoms with Crippen LogP contribution in [-0.4, -0.2) is 18.4 Å². The number of halogens is 3. The summed E-state index contributed by atoms with van der Waals surface area (Å²) in [6.07, 6.45) is 1.25. The first kappa shape index (κ1) is 14.8. The molecule has 1 aromatic carbocycles. The second kappa shape index (κ2) is 5.39. The van der Waals surface area contributed by atoms with Gasteiger partial charge < -0.3 is 5.73 Å². The van der Waals surface area contributed by atoms with Crippen molar-refractivity contribution in [2.75, 3.05) is 10.5 Å². The number of nitrogens with one attached hydrogen (secondary N) is 1. The number of nitrogen functional groups attached to an aromatic ring is 1. The Labute approximate surface area is 123 Å². The van der Waals surface area contributed by atoms with Crippen molar-refractivity contribution in [3.63, 3.8) is 0 Å². The van der Waals surface area contributed by atoms with Gasteiger partial charge in [-0.25, -0.2) is 17.8 Å². The van der Waals surface area contributed by atoms with Gasteiger partial charge in [-0.3, -0.25) is 4.72 Å². The molecule has 0 unspecified atom stereocenters. The van der Waals surface area contributed by atoms with Gasteiger partial charge in [0, 0.05) is 11.2 Å². The quantitative estimate of drug-likeness (QED) is 0.662. The number of benzene rings is 1. The molecule has 10 heteroatoms. The van der Waals surface area contributed by atoms with Crippen LogP contribution >= 0.6 is 23.2 Å². The Morgan fingerprint density at radius 2 is 2.00 bits per heavy atom. The van der Waals surface area contributed by atoms with Crippen LogP contribution in [0.15, 0.2) is 29.3 Å². The first-order chi connectivity index (χ1) is 9.29. The molecule has 0 fully saturated rings. The number of sulfonamides is 1. The molecule has 2 rings (SSSR count). The minimum Gasteiger partial charge on any atom is -0.396 e. The van der Waals surface area contributed by atoms with Crippen molar-refractivity contribution < 1.29 is 12.8 Å². The van der Waals surface area contributed by atoms with E-state index in [1.807, 2.05) is 0 Å². The van der Waals surface area contributed by atoms with Crippen LogP contribution in [0.5, 0.6) is 0 Å². The zero-order valence-electron chi connectivity index (χ0n) is 9.64. The lowest BCUT2D eigenvalue weighted by Gasteiger charge is -2.09. The van der Waals surface area contributed by atoms with Gasteiger partial charge in [-0.2, -0.15) is 4.98 Å². The Morgan fingerprint density at radius 1 is 1.30 bits per heavy atom. The minimum atomic E-state index is -4.24. The lowest BCUT2D eigenvalue weighted by Crippen LogP contribution is -2.16. The fraction of sp³-hybridized carbons (Fsp3) is 0. The number of hydrogen-bond donors (Lipinski definition) is 2. The molecule has 6 nitrogen and oxygen atoms in total. The van der Waals surface area contributed by atoms with Crippen LogP contribution in [-0.2, 0) is 10.0 Å². The Balaban J connectivity index is 2.46. The van der Waals surface area contributed by atoms with E-state index < -0.39 is 20.7 Å². The lowest BCUT2D eigenvalue weighted by atomic mass is 10.3. The molecule has 20 heavy (non-hydrogen) atoms. The van der Waals surface area contributed by atoms with Crippen LogP contribution in [0.4, 0.5) is 15.9 Å². The van der Waals surface area contributed by atoms with Gasteiger partial charge in [0.2, 0.25) is 5.28 Å². The molecule has 0 aliphatic carbocycles. The third kappa shape index (κ3) is 3.09. The van der Waals surface area contributed by atoms with Gasteiger partial charge in [0.15, 0.2) is 5.82 Å². The summed E-state index contributed by atoms with van der Waals surface area (Å²) in [5.41, 5.74) is 4.96. The molecule has 0 amide bonds. The first-order valence-corrected chi connectivity index (χ1v) is 7.29. The van der Waals surface area contributed by atoms with Crippen molar-refractivity contribution in [3.8, 4) is 0 Å². The number of hydrogen-bond acceptors (Lipinski definition) is 5. The van der Waals surface area contributed by atoms with E-state index >= 15 is 0 Å². The van der Waals surface area contributed by atoms with E-state index in [9.17, 15) is 12.8 Å². The SMILES string of the molecule is Nc1cc(Cl)cc(S(=O)(=O)Nc2ccnc(Cl)n2)c1F. The van der Waals surface area contributed by atoms with Gasteiger partial charge >= 0.3 is 0 Å². The van der Waals surface area contributed by atoms with Crippen molar-refractivity contribution in [2.45, 2.75) is 4.90 Å². The minimum absolute atomic E-state index is 0.00926. The number of nitrogens with zero attached hydrogens (tertiary/aromatic N) is 2. The Kier molecular flexibility index (Phi) is 3.98. The van der Waals surface area contributed by atoms with Crippen LogP contribution in [0.25, 0.3) is 0 Å². The number of rotatable bonds is 3. The normalized spacial score (nSPS) is 11.3. The topological polar surface area (TPSA) is 98.0 Å². The van der Waals surface area contributed by atoms with Gasteiger partial charge in [0.1, 0.15) is 10.7 Å². The van der Waals surface area contributed by atoms with Gasteiger partial charge in [-0.15, -0.1) is 0 Å². The van der Waals surface area contributed by atoms with Crippen LogP contribution < -0.4 is 10.5 Å². The largest absolute Gasteiger partial charge is 0.396 e. The summed E-state index contributed by atoms with van der Waals surface area (Å²) >= 11 is 11.2. The van der Waals surface area contributed by atoms with E-state index in [0.29, 0.717) is 0 Å². The van der Waals surface area contributed by atoms with Crippen molar-refractivity contribution >= 4 is 44.7 Å². The molecule has 0 aliphatic rings. The van der Waals surface area contributed by atoms with Crippen molar-refractivity contribution in [2.24, 2.45) is 0 Å². The zero-order valence-corrected chi connectivity index (χ0v) is 12.0. The molecule has 3 N–H and O–H groups in total. The predicted molar refractivity (Wildman–Crippen MR) is 73.7 cm³/mol. The van der Waals surface area contributed by atoms with Crippen molar-refractivity contribution in [3.05, 3.63) is 40.5 Å². The zero-order chi connectivity index (χ0) is 14.9. The van der Waals surface area contributed by atoms with Gasteiger partial charge in [-0.1, -0.05) is 11.6 Å². The number of nitrogens with two attached hydrogens (primary N) is 1. The third-order valence-corrected chi connectivity index (χ3v) is 3.94. The summed E-state index contributed by atoms with van der Waals surface area (Å²) in [5, 5.41) is -0.165.